The normalized spacial score (nSPS) is 12.7. The van der Waals surface area contributed by atoms with Gasteiger partial charge in [-0.3, -0.25) is 0 Å². The molecule has 1 heterocycles. The average Bonchev–Trinajstić information content (AvgIpc) is 2.64. The first-order valence-electron chi connectivity index (χ1n) is 6.56. The third kappa shape index (κ3) is 2.40. The van der Waals surface area contributed by atoms with Crippen LogP contribution in [0.15, 0.2) is 18.2 Å². The highest BCUT2D eigenvalue weighted by Gasteiger charge is 2.14. The Morgan fingerprint density at radius 1 is 1.37 bits per heavy atom. The van der Waals surface area contributed by atoms with Crippen LogP contribution in [-0.2, 0) is 6.42 Å². The van der Waals surface area contributed by atoms with Crippen molar-refractivity contribution in [3.63, 3.8) is 0 Å². The molecule has 0 aliphatic rings. The van der Waals surface area contributed by atoms with Gasteiger partial charge in [0.1, 0.15) is 11.5 Å². The van der Waals surface area contributed by atoms with Crippen LogP contribution in [0, 0.1) is 19.7 Å². The van der Waals surface area contributed by atoms with Gasteiger partial charge in [-0.15, -0.1) is 0 Å². The zero-order valence-corrected chi connectivity index (χ0v) is 11.9. The van der Waals surface area contributed by atoms with Crippen molar-refractivity contribution in [2.45, 2.75) is 40.2 Å². The maximum Gasteiger partial charge on any atom is 0.149 e. The topological polar surface area (TPSA) is 43.8 Å². The van der Waals surface area contributed by atoms with Crippen molar-refractivity contribution in [3.8, 4) is 5.69 Å². The lowest BCUT2D eigenvalue weighted by atomic mass is 10.1. The quantitative estimate of drug-likeness (QED) is 0.922. The van der Waals surface area contributed by atoms with E-state index in [1.165, 1.54) is 11.6 Å². The van der Waals surface area contributed by atoms with Gasteiger partial charge >= 0.3 is 0 Å². The molecule has 102 valence electrons. The second-order valence-electron chi connectivity index (χ2n) is 4.91. The van der Waals surface area contributed by atoms with Crippen molar-refractivity contribution in [1.29, 1.82) is 0 Å². The molecular weight excluding hydrogens is 241 g/mol. The van der Waals surface area contributed by atoms with Crippen LogP contribution < -0.4 is 5.73 Å². The summed E-state index contributed by atoms with van der Waals surface area (Å²) >= 11 is 0. The van der Waals surface area contributed by atoms with E-state index in [0.29, 0.717) is 5.69 Å². The van der Waals surface area contributed by atoms with Crippen LogP contribution in [0.5, 0.6) is 0 Å². The fourth-order valence-electron chi connectivity index (χ4n) is 2.40. The van der Waals surface area contributed by atoms with Crippen LogP contribution in [-0.4, -0.2) is 9.78 Å². The van der Waals surface area contributed by atoms with E-state index in [-0.39, 0.29) is 11.9 Å². The molecule has 19 heavy (non-hydrogen) atoms. The third-order valence-corrected chi connectivity index (χ3v) is 3.52. The van der Waals surface area contributed by atoms with Crippen molar-refractivity contribution >= 4 is 0 Å². The van der Waals surface area contributed by atoms with E-state index in [1.807, 2.05) is 26.8 Å². The van der Waals surface area contributed by atoms with E-state index in [9.17, 15) is 4.39 Å². The van der Waals surface area contributed by atoms with Crippen LogP contribution >= 0.6 is 0 Å². The highest BCUT2D eigenvalue weighted by atomic mass is 19.1. The van der Waals surface area contributed by atoms with Crippen molar-refractivity contribution in [3.05, 3.63) is 46.5 Å². The third-order valence-electron chi connectivity index (χ3n) is 3.52. The fraction of sp³-hybridized carbons (Fsp3) is 0.400. The standard InChI is InChI=1S/C15H20FN3/c1-5-13-10(3)18-19(11(13)4)15-7-6-12(9(2)17)8-14(15)16/h6-9H,5,17H2,1-4H3/t9-/m1/s1. The van der Waals surface area contributed by atoms with Crippen molar-refractivity contribution in [2.24, 2.45) is 5.73 Å². The molecule has 2 aromatic rings. The first-order chi connectivity index (χ1) is 8.95. The average molecular weight is 261 g/mol. The number of hydrogen-bond donors (Lipinski definition) is 1. The molecule has 0 saturated carbocycles. The Hall–Kier alpha value is -1.68. The minimum absolute atomic E-state index is 0.171. The van der Waals surface area contributed by atoms with Gasteiger partial charge in [0, 0.05) is 11.7 Å². The van der Waals surface area contributed by atoms with Gasteiger partial charge in [-0.25, -0.2) is 9.07 Å². The summed E-state index contributed by atoms with van der Waals surface area (Å²) in [5.74, 6) is -0.289. The number of hydrogen-bond acceptors (Lipinski definition) is 2. The minimum Gasteiger partial charge on any atom is -0.324 e. The first kappa shape index (κ1) is 13.7. The number of aryl methyl sites for hydroxylation is 1. The highest BCUT2D eigenvalue weighted by molar-refractivity contribution is 5.40. The van der Waals surface area contributed by atoms with E-state index in [1.54, 1.807) is 10.7 Å². The number of benzene rings is 1. The monoisotopic (exact) mass is 261 g/mol. The Labute approximate surface area is 113 Å². The molecule has 3 nitrogen and oxygen atoms in total. The maximum atomic E-state index is 14.2. The minimum atomic E-state index is -0.289. The van der Waals surface area contributed by atoms with Crippen molar-refractivity contribution < 1.29 is 4.39 Å². The Kier molecular flexibility index (Phi) is 3.71. The molecule has 0 amide bonds. The van der Waals surface area contributed by atoms with Gasteiger partial charge in [0.25, 0.3) is 0 Å². The van der Waals surface area contributed by atoms with Gasteiger partial charge in [-0.1, -0.05) is 13.0 Å². The van der Waals surface area contributed by atoms with E-state index in [0.717, 1.165) is 23.4 Å². The molecule has 0 spiro atoms. The summed E-state index contributed by atoms with van der Waals surface area (Å²) < 4.78 is 15.9. The van der Waals surface area contributed by atoms with Gasteiger partial charge < -0.3 is 5.73 Å². The zero-order valence-electron chi connectivity index (χ0n) is 11.9. The van der Waals surface area contributed by atoms with E-state index >= 15 is 0 Å². The van der Waals surface area contributed by atoms with Crippen LogP contribution in [0.3, 0.4) is 0 Å². The summed E-state index contributed by atoms with van der Waals surface area (Å²) in [6.45, 7) is 7.85. The number of aromatic nitrogens is 2. The van der Waals surface area contributed by atoms with E-state index in [2.05, 4.69) is 12.0 Å². The number of rotatable bonds is 3. The molecule has 2 rings (SSSR count). The predicted octanol–water partition coefficient (Wildman–Crippen LogP) is 3.21. The largest absolute Gasteiger partial charge is 0.324 e. The summed E-state index contributed by atoms with van der Waals surface area (Å²) in [5, 5.41) is 4.43. The summed E-state index contributed by atoms with van der Waals surface area (Å²) in [6, 6.07) is 4.91. The lowest BCUT2D eigenvalue weighted by molar-refractivity contribution is 0.603. The lowest BCUT2D eigenvalue weighted by Crippen LogP contribution is -2.08. The second-order valence-corrected chi connectivity index (χ2v) is 4.91. The van der Waals surface area contributed by atoms with Gasteiger partial charge in [0.05, 0.1) is 5.69 Å². The Morgan fingerprint density at radius 3 is 2.53 bits per heavy atom. The molecule has 4 heteroatoms. The molecule has 0 unspecified atom stereocenters. The summed E-state index contributed by atoms with van der Waals surface area (Å²) in [5.41, 5.74) is 10.2. The van der Waals surface area contributed by atoms with Crippen molar-refractivity contribution in [1.82, 2.24) is 9.78 Å². The summed E-state index contributed by atoms with van der Waals surface area (Å²) in [6.07, 6.45) is 0.900. The van der Waals surface area contributed by atoms with Gasteiger partial charge in [-0.05, 0) is 50.5 Å². The lowest BCUT2D eigenvalue weighted by Gasteiger charge is -2.10. The van der Waals surface area contributed by atoms with E-state index < -0.39 is 0 Å². The Bertz CT molecular complexity index is 600. The molecule has 1 aromatic carbocycles. The molecule has 0 bridgehead atoms. The molecular formula is C15H20FN3. The van der Waals surface area contributed by atoms with Gasteiger partial charge in [-0.2, -0.15) is 5.10 Å². The SMILES string of the molecule is CCc1c(C)nn(-c2ccc([C@@H](C)N)cc2F)c1C. The maximum absolute atomic E-state index is 14.2. The number of halogens is 1. The van der Waals surface area contributed by atoms with Gasteiger partial charge in [0.2, 0.25) is 0 Å². The molecule has 0 aliphatic heterocycles. The summed E-state index contributed by atoms with van der Waals surface area (Å²) in [4.78, 5) is 0. The highest BCUT2D eigenvalue weighted by Crippen LogP contribution is 2.22. The molecule has 0 saturated heterocycles. The predicted molar refractivity (Wildman–Crippen MR) is 75.0 cm³/mol. The van der Waals surface area contributed by atoms with Crippen molar-refractivity contribution in [2.75, 3.05) is 0 Å². The Balaban J connectivity index is 2.54. The molecule has 0 aliphatic carbocycles. The smallest absolute Gasteiger partial charge is 0.149 e. The molecule has 1 atom stereocenters. The molecule has 2 N–H and O–H groups in total. The van der Waals surface area contributed by atoms with Gasteiger partial charge in [0.15, 0.2) is 0 Å². The molecule has 0 fully saturated rings. The zero-order chi connectivity index (χ0) is 14.2. The Morgan fingerprint density at radius 2 is 2.05 bits per heavy atom. The van der Waals surface area contributed by atoms with E-state index in [4.69, 9.17) is 5.73 Å². The van der Waals surface area contributed by atoms with Crippen LogP contribution in [0.1, 0.15) is 42.4 Å². The second kappa shape index (κ2) is 5.13. The summed E-state index contributed by atoms with van der Waals surface area (Å²) in [7, 11) is 0. The first-order valence-corrected chi connectivity index (χ1v) is 6.56. The molecule has 0 radical (unpaired) electrons. The number of nitrogens with two attached hydrogens (primary N) is 1. The number of nitrogens with zero attached hydrogens (tertiary/aromatic N) is 2. The van der Waals surface area contributed by atoms with Crippen LogP contribution in [0.2, 0.25) is 0 Å². The van der Waals surface area contributed by atoms with Crippen LogP contribution in [0.4, 0.5) is 4.39 Å². The molecule has 1 aromatic heterocycles. The fourth-order valence-corrected chi connectivity index (χ4v) is 2.40. The van der Waals surface area contributed by atoms with Crippen LogP contribution in [0.25, 0.3) is 5.69 Å².